The Morgan fingerprint density at radius 2 is 1.45 bits per heavy atom. The quantitative estimate of drug-likeness (QED) is 0.350. The van der Waals surface area contributed by atoms with Gasteiger partial charge in [0, 0.05) is 0 Å². The number of hydrogen-bond acceptors (Lipinski definition) is 3. The van der Waals surface area contributed by atoms with Crippen LogP contribution in [0.15, 0.2) is 89.4 Å². The SMILES string of the molecule is O=C1OC(c2ccccc2)=C([Se]c2ccccc2)[C@]12CCc1ccccc1C2=O. The molecule has 29 heavy (non-hydrogen) atoms. The third-order valence-electron chi connectivity index (χ3n) is 5.56. The maximum atomic E-state index is 13.7. The van der Waals surface area contributed by atoms with Gasteiger partial charge in [-0.3, -0.25) is 0 Å². The van der Waals surface area contributed by atoms with E-state index in [1.54, 1.807) is 0 Å². The fourth-order valence-electron chi connectivity index (χ4n) is 4.07. The van der Waals surface area contributed by atoms with E-state index < -0.39 is 11.4 Å². The van der Waals surface area contributed by atoms with Gasteiger partial charge in [-0.05, 0) is 0 Å². The average Bonchev–Trinajstić information content (AvgIpc) is 3.05. The van der Waals surface area contributed by atoms with Gasteiger partial charge in [-0.15, -0.1) is 0 Å². The number of fused-ring (bicyclic) bond motifs is 1. The summed E-state index contributed by atoms with van der Waals surface area (Å²) in [5.41, 5.74) is 1.29. The molecule has 3 aromatic carbocycles. The zero-order valence-electron chi connectivity index (χ0n) is 15.6. The van der Waals surface area contributed by atoms with E-state index in [1.165, 1.54) is 0 Å². The first kappa shape index (κ1) is 18.1. The van der Waals surface area contributed by atoms with Crippen molar-refractivity contribution < 1.29 is 14.3 Å². The zero-order chi connectivity index (χ0) is 19.8. The van der Waals surface area contributed by atoms with Crippen LogP contribution < -0.4 is 4.46 Å². The summed E-state index contributed by atoms with van der Waals surface area (Å²) in [6.45, 7) is 0. The van der Waals surface area contributed by atoms with Gasteiger partial charge in [-0.25, -0.2) is 0 Å². The summed E-state index contributed by atoms with van der Waals surface area (Å²) in [5, 5.41) is 0. The molecular weight excluding hydrogens is 427 g/mol. The number of ether oxygens (including phenoxy) is 1. The first-order valence-electron chi connectivity index (χ1n) is 9.58. The molecule has 4 heteroatoms. The van der Waals surface area contributed by atoms with Gasteiger partial charge in [0.1, 0.15) is 0 Å². The van der Waals surface area contributed by atoms with E-state index >= 15 is 0 Å². The number of rotatable bonds is 3. The van der Waals surface area contributed by atoms with Crippen molar-refractivity contribution in [2.45, 2.75) is 12.8 Å². The van der Waals surface area contributed by atoms with Crippen LogP contribution in [0.4, 0.5) is 0 Å². The molecule has 1 spiro atoms. The van der Waals surface area contributed by atoms with E-state index in [0.29, 0.717) is 24.2 Å². The number of aryl methyl sites for hydroxylation is 1. The Morgan fingerprint density at radius 1 is 0.793 bits per heavy atom. The number of esters is 1. The van der Waals surface area contributed by atoms with Crippen LogP contribution in [0.5, 0.6) is 0 Å². The molecule has 142 valence electrons. The first-order valence-corrected chi connectivity index (χ1v) is 11.3. The number of Topliss-reactive ketones (excluding diaryl/α,β-unsaturated/α-hetero) is 1. The van der Waals surface area contributed by atoms with Gasteiger partial charge in [0.15, 0.2) is 0 Å². The third kappa shape index (κ3) is 2.88. The van der Waals surface area contributed by atoms with Crippen molar-refractivity contribution in [3.63, 3.8) is 0 Å². The molecule has 1 aliphatic heterocycles. The van der Waals surface area contributed by atoms with Crippen LogP contribution in [-0.4, -0.2) is 26.7 Å². The minimum atomic E-state index is -1.21. The Morgan fingerprint density at radius 3 is 2.21 bits per heavy atom. The van der Waals surface area contributed by atoms with Crippen molar-refractivity contribution in [2.24, 2.45) is 5.41 Å². The second kappa shape index (κ2) is 7.14. The van der Waals surface area contributed by atoms with Gasteiger partial charge in [0.05, 0.1) is 0 Å². The molecule has 0 amide bonds. The summed E-state index contributed by atoms with van der Waals surface area (Å²) < 4.78 is 7.80. The van der Waals surface area contributed by atoms with Crippen molar-refractivity contribution in [1.82, 2.24) is 0 Å². The predicted molar refractivity (Wildman–Crippen MR) is 113 cm³/mol. The number of cyclic esters (lactones) is 1. The van der Waals surface area contributed by atoms with Gasteiger partial charge in [0.2, 0.25) is 0 Å². The molecule has 1 atom stereocenters. The van der Waals surface area contributed by atoms with E-state index in [2.05, 4.69) is 0 Å². The summed E-state index contributed by atoms with van der Waals surface area (Å²) in [6, 6.07) is 27.3. The Kier molecular flexibility index (Phi) is 4.46. The summed E-state index contributed by atoms with van der Waals surface area (Å²) in [6.07, 6.45) is 1.15. The summed E-state index contributed by atoms with van der Waals surface area (Å²) >= 11 is -0.208. The number of carbonyl (C=O) groups excluding carboxylic acids is 2. The maximum absolute atomic E-state index is 13.7. The van der Waals surface area contributed by atoms with Crippen molar-refractivity contribution in [1.29, 1.82) is 0 Å². The van der Waals surface area contributed by atoms with E-state index in [-0.39, 0.29) is 20.7 Å². The minimum absolute atomic E-state index is 0.122. The van der Waals surface area contributed by atoms with Crippen molar-refractivity contribution in [3.05, 3.63) is 106 Å². The molecule has 1 heterocycles. The molecule has 0 radical (unpaired) electrons. The van der Waals surface area contributed by atoms with Crippen LogP contribution in [0.25, 0.3) is 5.76 Å². The van der Waals surface area contributed by atoms with Gasteiger partial charge >= 0.3 is 176 Å². The van der Waals surface area contributed by atoms with Crippen LogP contribution >= 0.6 is 0 Å². The van der Waals surface area contributed by atoms with E-state index in [9.17, 15) is 9.59 Å². The topological polar surface area (TPSA) is 43.4 Å². The second-order valence-electron chi connectivity index (χ2n) is 7.22. The molecule has 0 fully saturated rings. The van der Waals surface area contributed by atoms with E-state index in [1.807, 2.05) is 84.9 Å². The molecule has 0 saturated carbocycles. The van der Waals surface area contributed by atoms with Gasteiger partial charge in [-0.1, -0.05) is 0 Å². The Hall–Kier alpha value is -2.94. The van der Waals surface area contributed by atoms with E-state index in [0.717, 1.165) is 20.1 Å². The molecule has 0 saturated heterocycles. The van der Waals surface area contributed by atoms with Crippen LogP contribution in [0.3, 0.4) is 0 Å². The number of hydrogen-bond donors (Lipinski definition) is 0. The summed E-state index contributed by atoms with van der Waals surface area (Å²) in [4.78, 5) is 27.0. The van der Waals surface area contributed by atoms with Gasteiger partial charge < -0.3 is 0 Å². The first-order chi connectivity index (χ1) is 14.2. The molecule has 3 aromatic rings. The number of ketones is 1. The second-order valence-corrected chi connectivity index (χ2v) is 9.49. The number of benzene rings is 3. The summed E-state index contributed by atoms with van der Waals surface area (Å²) in [7, 11) is 0. The van der Waals surface area contributed by atoms with Gasteiger partial charge in [-0.2, -0.15) is 0 Å². The molecule has 2 aliphatic rings. The molecule has 0 N–H and O–H groups in total. The number of carbonyl (C=O) groups is 2. The van der Waals surface area contributed by atoms with Crippen molar-refractivity contribution in [2.75, 3.05) is 0 Å². The van der Waals surface area contributed by atoms with Crippen LogP contribution in [0, 0.1) is 5.41 Å². The van der Waals surface area contributed by atoms with Gasteiger partial charge in [0.25, 0.3) is 0 Å². The third-order valence-corrected chi connectivity index (χ3v) is 8.17. The molecule has 1 aliphatic carbocycles. The zero-order valence-corrected chi connectivity index (χ0v) is 17.3. The normalized spacial score (nSPS) is 20.7. The Labute approximate surface area is 175 Å². The molecule has 0 aromatic heterocycles. The average molecular weight is 445 g/mol. The molecule has 0 unspecified atom stereocenters. The Balaban J connectivity index is 1.70. The monoisotopic (exact) mass is 446 g/mol. The molecule has 3 nitrogen and oxygen atoms in total. The van der Waals surface area contributed by atoms with E-state index in [4.69, 9.17) is 4.74 Å². The van der Waals surface area contributed by atoms with Crippen LogP contribution in [0.1, 0.15) is 27.9 Å². The fraction of sp³-hybridized carbons (Fsp3) is 0.120. The van der Waals surface area contributed by atoms with Crippen molar-refractivity contribution >= 4 is 36.9 Å². The molecule has 0 bridgehead atoms. The van der Waals surface area contributed by atoms with Crippen LogP contribution in [0.2, 0.25) is 0 Å². The molecule has 5 rings (SSSR count). The standard InChI is InChI=1S/C25H18O3Se/c26-22-20-14-8-7-9-17(20)15-16-25(22)23(29-19-12-5-2-6-13-19)21(28-24(25)27)18-10-3-1-4-11-18/h1-14H,15-16H2/t25-/m1/s1. The fourth-order valence-corrected chi connectivity index (χ4v) is 6.66. The van der Waals surface area contributed by atoms with Crippen LogP contribution in [-0.2, 0) is 16.0 Å². The molecular formula is C25H18O3Se. The summed E-state index contributed by atoms with van der Waals surface area (Å²) in [5.74, 6) is 0.0129. The Bertz CT molecular complexity index is 1130. The predicted octanol–water partition coefficient (Wildman–Crippen LogP) is 3.76. The van der Waals surface area contributed by atoms with Crippen molar-refractivity contribution in [3.8, 4) is 0 Å².